The maximum Gasteiger partial charge on any atom is 0.272 e. The molecule has 0 aliphatic carbocycles. The normalized spacial score (nSPS) is 10.8. The molecule has 6 heteroatoms. The van der Waals surface area contributed by atoms with Crippen LogP contribution in [0.15, 0.2) is 24.3 Å². The van der Waals surface area contributed by atoms with Crippen LogP contribution in [0, 0.1) is 24.0 Å². The molecule has 1 heterocycles. The van der Waals surface area contributed by atoms with Gasteiger partial charge >= 0.3 is 0 Å². The fraction of sp³-hybridized carbons (Fsp3) is 0.400. The summed E-state index contributed by atoms with van der Waals surface area (Å²) in [6.45, 7) is 5.45. The summed E-state index contributed by atoms with van der Waals surface area (Å²) in [4.78, 5) is 10.6. The molecule has 6 nitrogen and oxygen atoms in total. The highest BCUT2D eigenvalue weighted by atomic mass is 16.6. The second-order valence-corrected chi connectivity index (χ2v) is 5.09. The van der Waals surface area contributed by atoms with E-state index in [1.165, 1.54) is 5.56 Å². The van der Waals surface area contributed by atoms with Gasteiger partial charge in [0.2, 0.25) is 0 Å². The van der Waals surface area contributed by atoms with Gasteiger partial charge in [0.25, 0.3) is 5.69 Å². The minimum atomic E-state index is -0.329. The largest absolute Gasteiger partial charge is 0.312 e. The summed E-state index contributed by atoms with van der Waals surface area (Å²) < 4.78 is 1.87. The third kappa shape index (κ3) is 3.46. The van der Waals surface area contributed by atoms with E-state index in [0.717, 1.165) is 23.5 Å². The second-order valence-electron chi connectivity index (χ2n) is 5.09. The third-order valence-corrected chi connectivity index (χ3v) is 3.72. The maximum atomic E-state index is 10.9. The Hall–Kier alpha value is -2.21. The second kappa shape index (κ2) is 6.49. The number of nitro benzene ring substituents is 1. The first-order valence-electron chi connectivity index (χ1n) is 6.92. The SMILES string of the molecule is Cc1nn(C)c(C)c1CNCCc1ccccc1[N+](=O)[O-]. The van der Waals surface area contributed by atoms with Crippen LogP contribution in [0.5, 0.6) is 0 Å². The van der Waals surface area contributed by atoms with E-state index in [2.05, 4.69) is 10.4 Å². The molecular weight excluding hydrogens is 268 g/mol. The number of para-hydroxylation sites is 1. The van der Waals surface area contributed by atoms with Gasteiger partial charge in [-0.15, -0.1) is 0 Å². The average molecular weight is 288 g/mol. The van der Waals surface area contributed by atoms with Crippen molar-refractivity contribution < 1.29 is 4.92 Å². The highest BCUT2D eigenvalue weighted by Gasteiger charge is 2.12. The van der Waals surface area contributed by atoms with E-state index < -0.39 is 0 Å². The minimum absolute atomic E-state index is 0.188. The number of aromatic nitrogens is 2. The maximum absolute atomic E-state index is 10.9. The molecule has 0 saturated carbocycles. The third-order valence-electron chi connectivity index (χ3n) is 3.72. The smallest absolute Gasteiger partial charge is 0.272 e. The fourth-order valence-electron chi connectivity index (χ4n) is 2.41. The zero-order chi connectivity index (χ0) is 15.4. The average Bonchev–Trinajstić information content (AvgIpc) is 2.69. The van der Waals surface area contributed by atoms with Gasteiger partial charge in [-0.25, -0.2) is 0 Å². The van der Waals surface area contributed by atoms with Crippen molar-refractivity contribution in [2.24, 2.45) is 7.05 Å². The minimum Gasteiger partial charge on any atom is -0.312 e. The lowest BCUT2D eigenvalue weighted by molar-refractivity contribution is -0.385. The number of nitrogens with one attached hydrogen (secondary N) is 1. The van der Waals surface area contributed by atoms with Gasteiger partial charge in [0.1, 0.15) is 0 Å². The first-order chi connectivity index (χ1) is 10.0. The van der Waals surface area contributed by atoms with Gasteiger partial charge in [-0.2, -0.15) is 5.10 Å². The Morgan fingerprint density at radius 3 is 2.67 bits per heavy atom. The van der Waals surface area contributed by atoms with Crippen LogP contribution in [0.1, 0.15) is 22.5 Å². The lowest BCUT2D eigenvalue weighted by atomic mass is 10.1. The zero-order valence-corrected chi connectivity index (χ0v) is 12.6. The van der Waals surface area contributed by atoms with Crippen molar-refractivity contribution in [1.29, 1.82) is 0 Å². The standard InChI is InChI=1S/C15H20N4O2/c1-11-14(12(2)18(3)17-11)10-16-9-8-13-6-4-5-7-15(13)19(20)21/h4-7,16H,8-10H2,1-3H3. The van der Waals surface area contributed by atoms with E-state index in [-0.39, 0.29) is 10.6 Å². The van der Waals surface area contributed by atoms with Gasteiger partial charge in [0.05, 0.1) is 10.6 Å². The Labute approximate surface area is 123 Å². The topological polar surface area (TPSA) is 73.0 Å². The summed E-state index contributed by atoms with van der Waals surface area (Å²) in [5, 5.41) is 18.6. The van der Waals surface area contributed by atoms with Crippen molar-refractivity contribution >= 4 is 5.69 Å². The van der Waals surface area contributed by atoms with Crippen LogP contribution in [0.3, 0.4) is 0 Å². The highest BCUT2D eigenvalue weighted by molar-refractivity contribution is 5.39. The van der Waals surface area contributed by atoms with Crippen LogP contribution < -0.4 is 5.32 Å². The van der Waals surface area contributed by atoms with Gasteiger partial charge < -0.3 is 5.32 Å². The van der Waals surface area contributed by atoms with Crippen LogP contribution in [0.2, 0.25) is 0 Å². The summed E-state index contributed by atoms with van der Waals surface area (Å²) in [6, 6.07) is 6.88. The number of hydrogen-bond acceptors (Lipinski definition) is 4. The highest BCUT2D eigenvalue weighted by Crippen LogP contribution is 2.18. The molecule has 1 aromatic heterocycles. The van der Waals surface area contributed by atoms with Gasteiger partial charge in [-0.3, -0.25) is 14.8 Å². The van der Waals surface area contributed by atoms with E-state index in [0.29, 0.717) is 13.0 Å². The van der Waals surface area contributed by atoms with Crippen LogP contribution in [-0.4, -0.2) is 21.2 Å². The summed E-state index contributed by atoms with van der Waals surface area (Å²) in [5.41, 5.74) is 4.31. The first-order valence-corrected chi connectivity index (χ1v) is 6.92. The Kier molecular flexibility index (Phi) is 4.70. The Bertz CT molecular complexity index is 649. The number of nitrogens with zero attached hydrogens (tertiary/aromatic N) is 3. The van der Waals surface area contributed by atoms with Gasteiger partial charge in [0, 0.05) is 36.5 Å². The van der Waals surface area contributed by atoms with Gasteiger partial charge in [-0.1, -0.05) is 18.2 Å². The lowest BCUT2D eigenvalue weighted by Gasteiger charge is -2.06. The van der Waals surface area contributed by atoms with Crippen molar-refractivity contribution in [3.8, 4) is 0 Å². The molecule has 0 spiro atoms. The molecule has 0 radical (unpaired) electrons. The number of benzene rings is 1. The number of rotatable bonds is 6. The molecule has 0 fully saturated rings. The van der Waals surface area contributed by atoms with Crippen molar-refractivity contribution in [2.45, 2.75) is 26.8 Å². The molecule has 0 aliphatic heterocycles. The van der Waals surface area contributed by atoms with Crippen LogP contribution in [0.25, 0.3) is 0 Å². The van der Waals surface area contributed by atoms with Gasteiger partial charge in [-0.05, 0) is 26.8 Å². The van der Waals surface area contributed by atoms with E-state index in [1.54, 1.807) is 18.2 Å². The Morgan fingerprint density at radius 1 is 1.33 bits per heavy atom. The van der Waals surface area contributed by atoms with Crippen LogP contribution >= 0.6 is 0 Å². The zero-order valence-electron chi connectivity index (χ0n) is 12.6. The molecule has 1 N–H and O–H groups in total. The molecule has 2 aromatic rings. The summed E-state index contributed by atoms with van der Waals surface area (Å²) in [6.07, 6.45) is 0.634. The van der Waals surface area contributed by atoms with E-state index in [4.69, 9.17) is 0 Å². The quantitative estimate of drug-likeness (QED) is 0.503. The molecule has 0 unspecified atom stereocenters. The van der Waals surface area contributed by atoms with Crippen molar-refractivity contribution in [3.05, 3.63) is 56.9 Å². The van der Waals surface area contributed by atoms with Crippen molar-refractivity contribution in [1.82, 2.24) is 15.1 Å². The summed E-state index contributed by atoms with van der Waals surface area (Å²) in [7, 11) is 1.93. The molecular formula is C15H20N4O2. The number of nitro groups is 1. The van der Waals surface area contributed by atoms with Crippen LogP contribution in [-0.2, 0) is 20.0 Å². The summed E-state index contributed by atoms with van der Waals surface area (Å²) >= 11 is 0. The molecule has 0 amide bonds. The number of aryl methyl sites for hydroxylation is 2. The predicted octanol–water partition coefficient (Wildman–Crippen LogP) is 2.28. The Morgan fingerprint density at radius 2 is 2.05 bits per heavy atom. The van der Waals surface area contributed by atoms with Gasteiger partial charge in [0.15, 0.2) is 0 Å². The Balaban J connectivity index is 1.92. The van der Waals surface area contributed by atoms with Crippen molar-refractivity contribution in [3.63, 3.8) is 0 Å². The monoisotopic (exact) mass is 288 g/mol. The van der Waals surface area contributed by atoms with E-state index in [1.807, 2.05) is 31.6 Å². The van der Waals surface area contributed by atoms with E-state index >= 15 is 0 Å². The molecule has 0 bridgehead atoms. The fourth-order valence-corrected chi connectivity index (χ4v) is 2.41. The van der Waals surface area contributed by atoms with Crippen molar-refractivity contribution in [2.75, 3.05) is 6.54 Å². The molecule has 112 valence electrons. The van der Waals surface area contributed by atoms with Crippen LogP contribution in [0.4, 0.5) is 5.69 Å². The van der Waals surface area contributed by atoms with E-state index in [9.17, 15) is 10.1 Å². The molecule has 2 rings (SSSR count). The summed E-state index contributed by atoms with van der Waals surface area (Å²) in [5.74, 6) is 0. The first kappa shape index (κ1) is 15.2. The molecule has 21 heavy (non-hydrogen) atoms. The molecule has 1 aromatic carbocycles. The number of hydrogen-bond donors (Lipinski definition) is 1. The molecule has 0 aliphatic rings. The predicted molar refractivity (Wildman–Crippen MR) is 81.2 cm³/mol. The molecule has 0 atom stereocenters. The lowest BCUT2D eigenvalue weighted by Crippen LogP contribution is -2.18. The molecule has 0 saturated heterocycles.